The number of nitrogens with zero attached hydrogens (tertiary/aromatic N) is 4. The second-order valence-electron chi connectivity index (χ2n) is 5.49. The molecule has 3 heterocycles. The van der Waals surface area contributed by atoms with Gasteiger partial charge in [-0.2, -0.15) is 18.2 Å². The Bertz CT molecular complexity index is 875. The minimum atomic E-state index is -4.63. The van der Waals surface area contributed by atoms with Gasteiger partial charge in [-0.25, -0.2) is 14.3 Å². The summed E-state index contributed by atoms with van der Waals surface area (Å²) < 4.78 is 50.4. The van der Waals surface area contributed by atoms with Crippen molar-refractivity contribution in [3.63, 3.8) is 0 Å². The van der Waals surface area contributed by atoms with Crippen molar-refractivity contribution >= 4 is 23.1 Å². The van der Waals surface area contributed by atoms with Gasteiger partial charge in [0.2, 0.25) is 5.95 Å². The lowest BCUT2D eigenvalue weighted by atomic mass is 10.2. The van der Waals surface area contributed by atoms with Crippen LogP contribution in [0.4, 0.5) is 19.1 Å². The van der Waals surface area contributed by atoms with Crippen LogP contribution in [0.25, 0.3) is 11.2 Å². The number of aromatic nitrogens is 4. The molecule has 0 amide bonds. The Labute approximate surface area is 138 Å². The van der Waals surface area contributed by atoms with Gasteiger partial charge in [-0.1, -0.05) is 0 Å². The molecule has 0 aromatic carbocycles. The van der Waals surface area contributed by atoms with Crippen LogP contribution in [0.2, 0.25) is 0 Å². The fraction of sp³-hybridized carbons (Fsp3) is 0.538. The molecule has 1 aliphatic heterocycles. The van der Waals surface area contributed by atoms with E-state index in [9.17, 15) is 22.8 Å². The summed E-state index contributed by atoms with van der Waals surface area (Å²) in [5.41, 5.74) is 4.23. The van der Waals surface area contributed by atoms with Crippen LogP contribution in [-0.4, -0.2) is 44.0 Å². The van der Waals surface area contributed by atoms with Gasteiger partial charge in [0.25, 0.3) is 0 Å². The summed E-state index contributed by atoms with van der Waals surface area (Å²) in [6, 6.07) is 0. The van der Waals surface area contributed by atoms with Crippen LogP contribution in [0.1, 0.15) is 19.6 Å². The highest BCUT2D eigenvalue weighted by atomic mass is 19.4. The Morgan fingerprint density at radius 1 is 1.52 bits per heavy atom. The molecule has 2 aromatic heterocycles. The van der Waals surface area contributed by atoms with Gasteiger partial charge >= 0.3 is 17.8 Å². The van der Waals surface area contributed by atoms with Crippen molar-refractivity contribution in [2.75, 3.05) is 12.3 Å². The molecule has 1 fully saturated rings. The summed E-state index contributed by atoms with van der Waals surface area (Å²) in [4.78, 5) is 31.3. The van der Waals surface area contributed by atoms with Gasteiger partial charge in [0, 0.05) is 13.3 Å². The topological polar surface area (TPSA) is 114 Å². The molecule has 0 aliphatic carbocycles. The number of esters is 1. The van der Waals surface area contributed by atoms with Crippen molar-refractivity contribution in [1.29, 1.82) is 0 Å². The van der Waals surface area contributed by atoms with Crippen LogP contribution >= 0.6 is 0 Å². The van der Waals surface area contributed by atoms with E-state index in [0.717, 1.165) is 10.8 Å². The molecule has 3 rings (SSSR count). The van der Waals surface area contributed by atoms with Crippen LogP contribution in [0.3, 0.4) is 0 Å². The van der Waals surface area contributed by atoms with E-state index < -0.39 is 36.7 Å². The first-order valence-corrected chi connectivity index (χ1v) is 7.26. The Balaban J connectivity index is 2.17. The summed E-state index contributed by atoms with van der Waals surface area (Å²) >= 11 is 0. The van der Waals surface area contributed by atoms with E-state index in [2.05, 4.69) is 9.97 Å². The Morgan fingerprint density at radius 3 is 2.88 bits per heavy atom. The minimum absolute atomic E-state index is 0.120. The number of imidazole rings is 1. The second kappa shape index (κ2) is 6.02. The number of carbonyl (C=O) groups is 1. The van der Waals surface area contributed by atoms with Gasteiger partial charge in [-0.15, -0.1) is 0 Å². The molecule has 12 heteroatoms. The molecule has 2 unspecified atom stereocenters. The summed E-state index contributed by atoms with van der Waals surface area (Å²) in [5, 5.41) is 0. The molecule has 0 bridgehead atoms. The monoisotopic (exact) mass is 361 g/mol. The minimum Gasteiger partial charge on any atom is -0.458 e. The molecule has 9 nitrogen and oxygen atoms in total. The normalized spacial score (nSPS) is 21.0. The van der Waals surface area contributed by atoms with E-state index in [1.165, 1.54) is 6.92 Å². The average Bonchev–Trinajstić information content (AvgIpc) is 3.00. The molecule has 0 saturated carbocycles. The summed E-state index contributed by atoms with van der Waals surface area (Å²) in [6.07, 6.45) is -5.21. The van der Waals surface area contributed by atoms with Gasteiger partial charge in [0.15, 0.2) is 11.9 Å². The molecule has 2 atom stereocenters. The first kappa shape index (κ1) is 17.2. The molecule has 25 heavy (non-hydrogen) atoms. The smallest absolute Gasteiger partial charge is 0.406 e. The van der Waals surface area contributed by atoms with E-state index in [4.69, 9.17) is 15.2 Å². The largest absolute Gasteiger partial charge is 0.458 e. The van der Waals surface area contributed by atoms with Gasteiger partial charge in [-0.05, 0) is 0 Å². The first-order chi connectivity index (χ1) is 11.7. The van der Waals surface area contributed by atoms with Crippen molar-refractivity contribution in [3.8, 4) is 0 Å². The van der Waals surface area contributed by atoms with Crippen molar-refractivity contribution < 1.29 is 27.4 Å². The molecule has 1 aliphatic rings. The molecule has 2 aromatic rings. The number of anilines is 1. The number of halogens is 3. The average molecular weight is 361 g/mol. The molecule has 1 saturated heterocycles. The second-order valence-corrected chi connectivity index (χ2v) is 5.49. The fourth-order valence-corrected chi connectivity index (χ4v) is 2.76. The number of carbonyl (C=O) groups excluding carboxylic acids is 1. The Kier molecular flexibility index (Phi) is 4.14. The molecule has 2 N–H and O–H groups in total. The number of alkyl halides is 3. The van der Waals surface area contributed by atoms with E-state index in [1.807, 2.05) is 0 Å². The Morgan fingerprint density at radius 2 is 2.24 bits per heavy atom. The van der Waals surface area contributed by atoms with Crippen LogP contribution < -0.4 is 11.4 Å². The molecule has 0 spiro atoms. The van der Waals surface area contributed by atoms with Crippen molar-refractivity contribution in [2.45, 2.75) is 38.4 Å². The maximum Gasteiger partial charge on any atom is 0.406 e. The third kappa shape index (κ3) is 3.29. The van der Waals surface area contributed by atoms with Crippen molar-refractivity contribution in [2.24, 2.45) is 0 Å². The number of nitrogens with two attached hydrogens (primary N) is 1. The van der Waals surface area contributed by atoms with E-state index in [-0.39, 0.29) is 23.7 Å². The number of hydrogen-bond donors (Lipinski definition) is 1. The zero-order valence-corrected chi connectivity index (χ0v) is 13.0. The first-order valence-electron chi connectivity index (χ1n) is 7.26. The number of rotatable bonds is 3. The number of ether oxygens (including phenoxy) is 2. The summed E-state index contributed by atoms with van der Waals surface area (Å²) in [5.74, 6) is -0.811. The third-order valence-corrected chi connectivity index (χ3v) is 3.64. The van der Waals surface area contributed by atoms with Crippen LogP contribution in [0.15, 0.2) is 11.0 Å². The maximum absolute atomic E-state index is 12.8. The third-order valence-electron chi connectivity index (χ3n) is 3.64. The number of fused-ring (bicyclic) bond motifs is 1. The number of hydrogen-bond acceptors (Lipinski definition) is 7. The lowest BCUT2D eigenvalue weighted by molar-refractivity contribution is -0.151. The zero-order chi connectivity index (χ0) is 18.4. The molecule has 136 valence electrons. The van der Waals surface area contributed by atoms with Crippen LogP contribution in [0, 0.1) is 0 Å². The standard InChI is InChI=1S/C13H14F3N5O4/c1-6(22)25-8-2-3-24-10(8)21-9-7(4-18-11(17)19-9)20(12(21)23)5-13(14,15)16/h4,8,10H,2-3,5H2,1H3,(H2,17,18,19). The van der Waals surface area contributed by atoms with Gasteiger partial charge in [-0.3, -0.25) is 9.36 Å². The summed E-state index contributed by atoms with van der Waals surface area (Å²) in [7, 11) is 0. The van der Waals surface area contributed by atoms with Gasteiger partial charge in [0.1, 0.15) is 18.2 Å². The molecular weight excluding hydrogens is 347 g/mol. The van der Waals surface area contributed by atoms with Crippen molar-refractivity contribution in [1.82, 2.24) is 19.1 Å². The SMILES string of the molecule is CC(=O)OC1CCOC1n1c(=O)n(CC(F)(F)F)c2cnc(N)nc21. The van der Waals surface area contributed by atoms with Crippen LogP contribution in [-0.2, 0) is 20.8 Å². The van der Waals surface area contributed by atoms with E-state index >= 15 is 0 Å². The maximum atomic E-state index is 12.8. The zero-order valence-electron chi connectivity index (χ0n) is 13.0. The van der Waals surface area contributed by atoms with Crippen molar-refractivity contribution in [3.05, 3.63) is 16.7 Å². The van der Waals surface area contributed by atoms with E-state index in [1.54, 1.807) is 0 Å². The van der Waals surface area contributed by atoms with Gasteiger partial charge < -0.3 is 15.2 Å². The number of nitrogen functional groups attached to an aromatic ring is 1. The van der Waals surface area contributed by atoms with Crippen LogP contribution in [0.5, 0.6) is 0 Å². The molecule has 0 radical (unpaired) electrons. The predicted molar refractivity (Wildman–Crippen MR) is 77.4 cm³/mol. The van der Waals surface area contributed by atoms with E-state index in [0.29, 0.717) is 11.0 Å². The summed E-state index contributed by atoms with van der Waals surface area (Å²) in [6.45, 7) is -0.166. The highest BCUT2D eigenvalue weighted by Gasteiger charge is 2.38. The quantitative estimate of drug-likeness (QED) is 0.796. The van der Waals surface area contributed by atoms with Gasteiger partial charge in [0.05, 0.1) is 12.8 Å². The predicted octanol–water partition coefficient (Wildman–Crippen LogP) is 0.588. The molecular formula is C13H14F3N5O4. The fourth-order valence-electron chi connectivity index (χ4n) is 2.76. The highest BCUT2D eigenvalue weighted by Crippen LogP contribution is 2.29. The lowest BCUT2D eigenvalue weighted by Crippen LogP contribution is -2.35. The highest BCUT2D eigenvalue weighted by molar-refractivity contribution is 5.72. The Hall–Kier alpha value is -2.63. The lowest BCUT2D eigenvalue weighted by Gasteiger charge is -2.19.